The number of hydrogen-bond acceptors (Lipinski definition) is 7. The Labute approximate surface area is 211 Å². The molecule has 1 N–H and O–H groups in total. The molecule has 0 radical (unpaired) electrons. The van der Waals surface area contributed by atoms with E-state index in [1.807, 2.05) is 54.6 Å². The summed E-state index contributed by atoms with van der Waals surface area (Å²) in [4.78, 5) is 21.2. The van der Waals surface area contributed by atoms with Gasteiger partial charge in [-0.1, -0.05) is 66.4 Å². The van der Waals surface area contributed by atoms with Crippen molar-refractivity contribution in [3.8, 4) is 5.69 Å². The van der Waals surface area contributed by atoms with Gasteiger partial charge in [0.1, 0.15) is 16.5 Å². The number of carbonyl (C=O) groups is 1. The molecule has 3 heterocycles. The molecular weight excluding hydrogens is 476 g/mol. The zero-order chi connectivity index (χ0) is 23.9. The van der Waals surface area contributed by atoms with E-state index in [0.717, 1.165) is 27.4 Å². The molecule has 0 atom stereocenters. The second kappa shape index (κ2) is 11.1. The van der Waals surface area contributed by atoms with Gasteiger partial charge in [-0.2, -0.15) is 0 Å². The summed E-state index contributed by atoms with van der Waals surface area (Å²) in [6.07, 6.45) is 2.39. The maximum atomic E-state index is 12.5. The molecule has 0 unspecified atom stereocenters. The average molecular weight is 499 g/mol. The molecule has 0 aliphatic carbocycles. The number of aromatic nitrogens is 5. The Morgan fingerprint density at radius 1 is 0.943 bits per heavy atom. The number of rotatable bonds is 9. The van der Waals surface area contributed by atoms with E-state index in [-0.39, 0.29) is 5.91 Å². The van der Waals surface area contributed by atoms with Gasteiger partial charge in [-0.05, 0) is 29.8 Å². The highest BCUT2D eigenvalue weighted by molar-refractivity contribution is 7.98. The Hall–Kier alpha value is -3.82. The molecule has 0 spiro atoms. The van der Waals surface area contributed by atoms with E-state index in [2.05, 4.69) is 54.3 Å². The van der Waals surface area contributed by atoms with Crippen molar-refractivity contribution in [1.82, 2.24) is 30.0 Å². The molecular formula is C26H22N6OS2. The number of hydrogen-bond donors (Lipinski definition) is 1. The molecule has 0 aliphatic heterocycles. The fourth-order valence-electron chi connectivity index (χ4n) is 3.49. The molecule has 0 saturated heterocycles. The Kier molecular flexibility index (Phi) is 7.26. The van der Waals surface area contributed by atoms with Crippen molar-refractivity contribution < 1.29 is 4.79 Å². The molecule has 2 aromatic carbocycles. The molecule has 9 heteroatoms. The van der Waals surface area contributed by atoms with E-state index in [1.54, 1.807) is 23.3 Å². The lowest BCUT2D eigenvalue weighted by Crippen LogP contribution is -2.23. The van der Waals surface area contributed by atoms with Crippen LogP contribution >= 0.6 is 23.1 Å². The SMILES string of the molecule is O=C(NCc1ccccn1)c1csc(CSc2nnc(Cc3ccccc3)n2-c2ccccc2)n1. The van der Waals surface area contributed by atoms with E-state index in [9.17, 15) is 4.79 Å². The third-order valence-corrected chi connectivity index (χ3v) is 7.16. The molecule has 174 valence electrons. The number of para-hydroxylation sites is 1. The predicted molar refractivity (Wildman–Crippen MR) is 138 cm³/mol. The van der Waals surface area contributed by atoms with Crippen LogP contribution in [0.2, 0.25) is 0 Å². The van der Waals surface area contributed by atoms with Crippen LogP contribution in [0, 0.1) is 0 Å². The minimum Gasteiger partial charge on any atom is -0.345 e. The summed E-state index contributed by atoms with van der Waals surface area (Å²) >= 11 is 3.02. The fourth-order valence-corrected chi connectivity index (χ4v) is 5.26. The molecule has 0 aliphatic rings. The van der Waals surface area contributed by atoms with Crippen molar-refractivity contribution >= 4 is 29.0 Å². The van der Waals surface area contributed by atoms with Crippen LogP contribution in [0.25, 0.3) is 5.69 Å². The van der Waals surface area contributed by atoms with Crippen LogP contribution in [0.4, 0.5) is 0 Å². The van der Waals surface area contributed by atoms with Crippen molar-refractivity contribution in [2.45, 2.75) is 23.9 Å². The molecule has 7 nitrogen and oxygen atoms in total. The standard InChI is InChI=1S/C26H22N6OS2/c33-25(28-16-20-11-7-8-14-27-20)22-17-34-24(29-22)18-35-26-31-30-23(15-19-9-3-1-4-10-19)32(26)21-12-5-2-6-13-21/h1-14,17H,15-16,18H2,(H,28,33). The summed E-state index contributed by atoms with van der Waals surface area (Å²) in [6, 6.07) is 26.0. The number of nitrogens with zero attached hydrogens (tertiary/aromatic N) is 5. The van der Waals surface area contributed by atoms with Gasteiger partial charge in [0.05, 0.1) is 18.0 Å². The second-order valence-electron chi connectivity index (χ2n) is 7.65. The van der Waals surface area contributed by atoms with Gasteiger partial charge < -0.3 is 5.32 Å². The number of nitrogens with one attached hydrogen (secondary N) is 1. The molecule has 1 amide bonds. The van der Waals surface area contributed by atoms with Crippen molar-refractivity contribution in [3.63, 3.8) is 0 Å². The van der Waals surface area contributed by atoms with Gasteiger partial charge >= 0.3 is 0 Å². The molecule has 5 rings (SSSR count). The van der Waals surface area contributed by atoms with Crippen LogP contribution in [0.1, 0.15) is 32.6 Å². The quantitative estimate of drug-likeness (QED) is 0.290. The normalized spacial score (nSPS) is 10.9. The average Bonchev–Trinajstić information content (AvgIpc) is 3.55. The smallest absolute Gasteiger partial charge is 0.271 e. The highest BCUT2D eigenvalue weighted by atomic mass is 32.2. The summed E-state index contributed by atoms with van der Waals surface area (Å²) < 4.78 is 2.09. The molecule has 3 aromatic heterocycles. The maximum Gasteiger partial charge on any atom is 0.271 e. The molecule has 0 saturated carbocycles. The second-order valence-corrected chi connectivity index (χ2v) is 9.54. The first kappa shape index (κ1) is 22.9. The van der Waals surface area contributed by atoms with Gasteiger partial charge in [-0.25, -0.2) is 4.98 Å². The Morgan fingerprint density at radius 2 is 1.71 bits per heavy atom. The van der Waals surface area contributed by atoms with Gasteiger partial charge in [-0.15, -0.1) is 21.5 Å². The highest BCUT2D eigenvalue weighted by Gasteiger charge is 2.17. The highest BCUT2D eigenvalue weighted by Crippen LogP contribution is 2.27. The van der Waals surface area contributed by atoms with Crippen LogP contribution in [-0.4, -0.2) is 30.6 Å². The zero-order valence-corrected chi connectivity index (χ0v) is 20.4. The first-order valence-electron chi connectivity index (χ1n) is 11.1. The van der Waals surface area contributed by atoms with Crippen molar-refractivity contribution in [3.05, 3.63) is 118 Å². The Balaban J connectivity index is 1.28. The molecule has 0 bridgehead atoms. The van der Waals surface area contributed by atoms with E-state index in [4.69, 9.17) is 0 Å². The first-order valence-corrected chi connectivity index (χ1v) is 12.9. The summed E-state index contributed by atoms with van der Waals surface area (Å²) in [5.41, 5.74) is 3.41. The van der Waals surface area contributed by atoms with E-state index < -0.39 is 0 Å². The minimum atomic E-state index is -0.208. The largest absolute Gasteiger partial charge is 0.345 e. The summed E-state index contributed by atoms with van der Waals surface area (Å²) in [7, 11) is 0. The van der Waals surface area contributed by atoms with Crippen LogP contribution in [0.5, 0.6) is 0 Å². The number of thioether (sulfide) groups is 1. The third-order valence-electron chi connectivity index (χ3n) is 5.19. The summed E-state index contributed by atoms with van der Waals surface area (Å²) in [6.45, 7) is 0.367. The Bertz CT molecular complexity index is 1390. The summed E-state index contributed by atoms with van der Waals surface area (Å²) in [5.74, 6) is 1.26. The fraction of sp³-hybridized carbons (Fsp3) is 0.115. The van der Waals surface area contributed by atoms with Gasteiger partial charge in [-0.3, -0.25) is 14.3 Å². The van der Waals surface area contributed by atoms with Gasteiger partial charge in [0.25, 0.3) is 5.91 Å². The molecule has 35 heavy (non-hydrogen) atoms. The van der Waals surface area contributed by atoms with Crippen LogP contribution in [-0.2, 0) is 18.7 Å². The maximum absolute atomic E-state index is 12.5. The van der Waals surface area contributed by atoms with Gasteiger partial charge in [0.2, 0.25) is 0 Å². The molecule has 0 fully saturated rings. The van der Waals surface area contributed by atoms with Crippen LogP contribution in [0.3, 0.4) is 0 Å². The van der Waals surface area contributed by atoms with Crippen LogP contribution in [0.15, 0.2) is 95.6 Å². The van der Waals surface area contributed by atoms with Crippen molar-refractivity contribution in [1.29, 1.82) is 0 Å². The minimum absolute atomic E-state index is 0.208. The third kappa shape index (κ3) is 5.82. The van der Waals surface area contributed by atoms with Gasteiger partial charge in [0.15, 0.2) is 5.16 Å². The summed E-state index contributed by atoms with van der Waals surface area (Å²) in [5, 5.41) is 15.3. The lowest BCUT2D eigenvalue weighted by molar-refractivity contribution is 0.0946. The van der Waals surface area contributed by atoms with Crippen molar-refractivity contribution in [2.75, 3.05) is 0 Å². The monoisotopic (exact) mass is 498 g/mol. The topological polar surface area (TPSA) is 85.6 Å². The lowest BCUT2D eigenvalue weighted by Gasteiger charge is -2.10. The molecule has 5 aromatic rings. The van der Waals surface area contributed by atoms with Crippen LogP contribution < -0.4 is 5.32 Å². The van der Waals surface area contributed by atoms with E-state index >= 15 is 0 Å². The number of thiazole rings is 1. The van der Waals surface area contributed by atoms with Gasteiger partial charge in [0, 0.05) is 23.7 Å². The number of pyridine rings is 1. The Morgan fingerprint density at radius 3 is 2.49 bits per heavy atom. The van der Waals surface area contributed by atoms with Crippen molar-refractivity contribution in [2.24, 2.45) is 0 Å². The first-order chi connectivity index (χ1) is 17.3. The predicted octanol–water partition coefficient (Wildman–Crippen LogP) is 4.93. The van der Waals surface area contributed by atoms with E-state index in [0.29, 0.717) is 24.4 Å². The lowest BCUT2D eigenvalue weighted by atomic mass is 10.1. The number of amides is 1. The number of benzene rings is 2. The van der Waals surface area contributed by atoms with E-state index in [1.165, 1.54) is 16.9 Å². The number of carbonyl (C=O) groups excluding carboxylic acids is 1. The zero-order valence-electron chi connectivity index (χ0n) is 18.7.